The normalized spacial score (nSPS) is 11.6. The Labute approximate surface area is 288 Å². The molecule has 0 radical (unpaired) electrons. The van der Waals surface area contributed by atoms with Crippen molar-refractivity contribution in [1.82, 2.24) is 0 Å². The number of para-hydroxylation sites is 4. The van der Waals surface area contributed by atoms with Gasteiger partial charge in [-0.15, -0.1) is 0 Å². The highest BCUT2D eigenvalue weighted by molar-refractivity contribution is 6.33. The smallest absolute Gasteiger partial charge is 0.179 e. The minimum absolute atomic E-state index is 0.762. The summed E-state index contributed by atoms with van der Waals surface area (Å²) in [7, 11) is 0. The lowest BCUT2D eigenvalue weighted by Gasteiger charge is -2.25. The minimum Gasteiger partial charge on any atom is -0.452 e. The van der Waals surface area contributed by atoms with E-state index in [1.165, 1.54) is 0 Å². The molecule has 2 heterocycles. The van der Waals surface area contributed by atoms with Crippen LogP contribution in [-0.2, 0) is 0 Å². The molecular formula is C46H30N2O2. The van der Waals surface area contributed by atoms with Gasteiger partial charge >= 0.3 is 0 Å². The Bertz CT molecular complexity index is 2530. The fraction of sp³-hybridized carbons (Fsp3) is 0. The van der Waals surface area contributed by atoms with E-state index in [-0.39, 0.29) is 0 Å². The van der Waals surface area contributed by atoms with Crippen LogP contribution in [0.25, 0.3) is 54.6 Å². The number of benzene rings is 8. The van der Waals surface area contributed by atoms with E-state index < -0.39 is 0 Å². The highest BCUT2D eigenvalue weighted by Crippen LogP contribution is 2.47. The molecule has 8 aromatic carbocycles. The fourth-order valence-corrected chi connectivity index (χ4v) is 7.43. The van der Waals surface area contributed by atoms with Gasteiger partial charge in [0.15, 0.2) is 11.2 Å². The average molecular weight is 643 g/mol. The van der Waals surface area contributed by atoms with Gasteiger partial charge in [-0.05, 0) is 83.6 Å². The van der Waals surface area contributed by atoms with E-state index in [9.17, 15) is 0 Å². The van der Waals surface area contributed by atoms with Crippen LogP contribution in [0.4, 0.5) is 34.1 Å². The lowest BCUT2D eigenvalue weighted by Crippen LogP contribution is -2.09. The van der Waals surface area contributed by atoms with E-state index in [1.807, 2.05) is 24.3 Å². The summed E-state index contributed by atoms with van der Waals surface area (Å²) in [5, 5.41) is 6.54. The van der Waals surface area contributed by atoms with E-state index in [0.29, 0.717) is 0 Å². The predicted octanol–water partition coefficient (Wildman–Crippen LogP) is 13.6. The number of hydrogen-bond donors (Lipinski definition) is 0. The van der Waals surface area contributed by atoms with Gasteiger partial charge in [0.2, 0.25) is 0 Å². The van der Waals surface area contributed by atoms with Crippen LogP contribution in [-0.4, -0.2) is 0 Å². The number of fused-ring (bicyclic) bond motifs is 10. The monoisotopic (exact) mass is 642 g/mol. The summed E-state index contributed by atoms with van der Waals surface area (Å²) in [6, 6.07) is 63.4. The van der Waals surface area contributed by atoms with E-state index in [0.717, 1.165) is 88.8 Å². The molecule has 0 fully saturated rings. The lowest BCUT2D eigenvalue weighted by atomic mass is 9.98. The molecule has 50 heavy (non-hydrogen) atoms. The fourth-order valence-electron chi connectivity index (χ4n) is 7.43. The van der Waals surface area contributed by atoms with Crippen LogP contribution >= 0.6 is 0 Å². The molecule has 0 aliphatic heterocycles. The summed E-state index contributed by atoms with van der Waals surface area (Å²) in [5.41, 5.74) is 9.50. The number of hydrogen-bond acceptors (Lipinski definition) is 4. The molecular weight excluding hydrogens is 613 g/mol. The zero-order chi connectivity index (χ0) is 33.0. The van der Waals surface area contributed by atoms with Crippen LogP contribution in [0.3, 0.4) is 0 Å². The van der Waals surface area contributed by atoms with Gasteiger partial charge in [-0.3, -0.25) is 0 Å². The van der Waals surface area contributed by atoms with Crippen molar-refractivity contribution < 1.29 is 8.83 Å². The van der Waals surface area contributed by atoms with Gasteiger partial charge in [0, 0.05) is 67.8 Å². The standard InChI is InChI=1S/C46H30N2O2/c1-5-15-31(16-6-1)47(32-17-7-2-8-18-32)35-25-27-39-41(29-35)49-45-43(39)37-23-13-14-24-38(37)44-40-28-26-36(30-42(40)50-46(44)45)48(33-19-9-3-10-20-33)34-21-11-4-12-22-34/h1-30H. The largest absolute Gasteiger partial charge is 0.452 e. The highest BCUT2D eigenvalue weighted by atomic mass is 16.4. The molecule has 2 aromatic heterocycles. The van der Waals surface area contributed by atoms with Crippen LogP contribution in [0, 0.1) is 0 Å². The van der Waals surface area contributed by atoms with E-state index in [1.54, 1.807) is 0 Å². The molecule has 4 nitrogen and oxygen atoms in total. The molecule has 0 N–H and O–H groups in total. The Morgan fingerprint density at radius 3 is 0.940 bits per heavy atom. The Balaban J connectivity index is 1.20. The van der Waals surface area contributed by atoms with Crippen LogP contribution in [0.2, 0.25) is 0 Å². The van der Waals surface area contributed by atoms with Gasteiger partial charge in [-0.1, -0.05) is 97.1 Å². The third-order valence-corrected chi connectivity index (χ3v) is 9.59. The summed E-state index contributed by atoms with van der Waals surface area (Å²) in [4.78, 5) is 4.52. The second-order valence-electron chi connectivity index (χ2n) is 12.5. The number of furan rings is 2. The van der Waals surface area contributed by atoms with Crippen LogP contribution in [0.1, 0.15) is 0 Å². The van der Waals surface area contributed by atoms with Crippen LogP contribution in [0.15, 0.2) is 191 Å². The van der Waals surface area contributed by atoms with E-state index >= 15 is 0 Å². The third-order valence-electron chi connectivity index (χ3n) is 9.59. The highest BCUT2D eigenvalue weighted by Gasteiger charge is 2.23. The maximum atomic E-state index is 6.85. The quantitative estimate of drug-likeness (QED) is 0.181. The van der Waals surface area contributed by atoms with Gasteiger partial charge in [-0.2, -0.15) is 0 Å². The summed E-state index contributed by atoms with van der Waals surface area (Å²) >= 11 is 0. The first-order chi connectivity index (χ1) is 24.8. The van der Waals surface area contributed by atoms with Gasteiger partial charge in [0.05, 0.1) is 0 Å². The summed E-state index contributed by atoms with van der Waals surface area (Å²) in [5.74, 6) is 0. The molecule has 0 amide bonds. The first kappa shape index (κ1) is 28.3. The summed E-state index contributed by atoms with van der Waals surface area (Å²) in [6.07, 6.45) is 0. The Morgan fingerprint density at radius 1 is 0.280 bits per heavy atom. The topological polar surface area (TPSA) is 32.8 Å². The molecule has 10 aromatic rings. The average Bonchev–Trinajstić information content (AvgIpc) is 3.76. The summed E-state index contributed by atoms with van der Waals surface area (Å²) in [6.45, 7) is 0. The SMILES string of the molecule is c1ccc(N(c2ccccc2)c2ccc3c(c2)oc2c4oc5cc(N(c6ccccc6)c6ccccc6)ccc5c4c4ccccc4c32)cc1. The zero-order valence-electron chi connectivity index (χ0n) is 27.0. The third kappa shape index (κ3) is 4.46. The Morgan fingerprint density at radius 2 is 0.600 bits per heavy atom. The maximum Gasteiger partial charge on any atom is 0.179 e. The maximum absolute atomic E-state index is 6.85. The molecule has 0 spiro atoms. The Hall–Kier alpha value is -6.78. The molecule has 0 unspecified atom stereocenters. The van der Waals surface area contributed by atoms with E-state index in [2.05, 4.69) is 168 Å². The first-order valence-corrected chi connectivity index (χ1v) is 16.9. The second kappa shape index (κ2) is 11.4. The Kier molecular flexibility index (Phi) is 6.46. The number of nitrogens with zero attached hydrogens (tertiary/aromatic N) is 2. The molecule has 10 rings (SSSR count). The van der Waals surface area contributed by atoms with Gasteiger partial charge in [-0.25, -0.2) is 0 Å². The summed E-state index contributed by atoms with van der Waals surface area (Å²) < 4.78 is 13.7. The predicted molar refractivity (Wildman–Crippen MR) is 208 cm³/mol. The van der Waals surface area contributed by atoms with Crippen LogP contribution < -0.4 is 9.80 Å². The van der Waals surface area contributed by atoms with Crippen molar-refractivity contribution in [2.75, 3.05) is 9.80 Å². The second-order valence-corrected chi connectivity index (χ2v) is 12.5. The molecule has 0 aliphatic carbocycles. The van der Waals surface area contributed by atoms with Gasteiger partial charge < -0.3 is 18.6 Å². The zero-order valence-corrected chi connectivity index (χ0v) is 27.0. The molecule has 0 saturated heterocycles. The molecule has 0 aliphatic rings. The van der Waals surface area contributed by atoms with Crippen molar-refractivity contribution in [3.8, 4) is 0 Å². The van der Waals surface area contributed by atoms with Crippen LogP contribution in [0.5, 0.6) is 0 Å². The lowest BCUT2D eigenvalue weighted by molar-refractivity contribution is 0.633. The minimum atomic E-state index is 0.762. The van der Waals surface area contributed by atoms with Crippen molar-refractivity contribution in [2.45, 2.75) is 0 Å². The number of anilines is 6. The molecule has 4 heteroatoms. The van der Waals surface area contributed by atoms with Crippen molar-refractivity contribution in [1.29, 1.82) is 0 Å². The van der Waals surface area contributed by atoms with Gasteiger partial charge in [0.25, 0.3) is 0 Å². The molecule has 0 saturated carbocycles. The van der Waals surface area contributed by atoms with Gasteiger partial charge in [0.1, 0.15) is 11.2 Å². The molecule has 236 valence electrons. The van der Waals surface area contributed by atoms with Crippen molar-refractivity contribution in [3.05, 3.63) is 182 Å². The van der Waals surface area contributed by atoms with E-state index in [4.69, 9.17) is 8.83 Å². The van der Waals surface area contributed by atoms with Crippen molar-refractivity contribution in [3.63, 3.8) is 0 Å². The molecule has 0 atom stereocenters. The molecule has 0 bridgehead atoms. The number of rotatable bonds is 6. The van der Waals surface area contributed by atoms with Crippen molar-refractivity contribution in [2.24, 2.45) is 0 Å². The van der Waals surface area contributed by atoms with Crippen molar-refractivity contribution >= 4 is 88.8 Å². The first-order valence-electron chi connectivity index (χ1n) is 16.9.